The summed E-state index contributed by atoms with van der Waals surface area (Å²) in [6, 6.07) is 0. The van der Waals surface area contributed by atoms with Crippen LogP contribution in [0.25, 0.3) is 0 Å². The Hall–Kier alpha value is -0.0800. The summed E-state index contributed by atoms with van der Waals surface area (Å²) in [5.74, 6) is 0. The maximum Gasteiger partial charge on any atom is 0.123 e. The van der Waals surface area contributed by atoms with Crippen LogP contribution < -0.4 is 5.32 Å². The summed E-state index contributed by atoms with van der Waals surface area (Å²) in [5.41, 5.74) is 0. The van der Waals surface area contributed by atoms with Gasteiger partial charge in [0.15, 0.2) is 0 Å². The van der Waals surface area contributed by atoms with E-state index in [2.05, 4.69) is 12.2 Å². The predicted molar refractivity (Wildman–Crippen MR) is 45.5 cm³/mol. The maximum atomic E-state index is 5.54. The first-order chi connectivity index (χ1) is 5.43. The summed E-state index contributed by atoms with van der Waals surface area (Å²) in [5, 5.41) is 4.31. The average molecular weight is 156 g/mol. The zero-order valence-corrected chi connectivity index (χ0v) is 7.38. The molecule has 65 valence electrons. The van der Waals surface area contributed by atoms with E-state index in [9.17, 15) is 0 Å². The van der Waals surface area contributed by atoms with Gasteiger partial charge in [0.2, 0.25) is 0 Å². The maximum absolute atomic E-state index is 5.54. The van der Waals surface area contributed by atoms with Gasteiger partial charge in [0, 0.05) is 13.2 Å². The van der Waals surface area contributed by atoms with Crippen molar-refractivity contribution in [2.75, 3.05) is 13.2 Å². The molecule has 1 fully saturated rings. The van der Waals surface area contributed by atoms with Crippen LogP contribution >= 0.6 is 0 Å². The van der Waals surface area contributed by atoms with Crippen molar-refractivity contribution in [3.63, 3.8) is 0 Å². The summed E-state index contributed by atoms with van der Waals surface area (Å²) < 4.78 is 5.54. The minimum Gasteiger partial charge on any atom is -0.362 e. The highest BCUT2D eigenvalue weighted by Crippen LogP contribution is 2.08. The highest BCUT2D eigenvalue weighted by Gasteiger charge is 2.14. The molecule has 0 bridgehead atoms. The molecule has 11 heavy (non-hydrogen) atoms. The molecule has 0 aromatic heterocycles. The topological polar surface area (TPSA) is 23.3 Å². The Morgan fingerprint density at radius 3 is 3.00 bits per heavy atom. The molecule has 0 N–H and O–H groups in total. The van der Waals surface area contributed by atoms with Crippen LogP contribution in [-0.4, -0.2) is 19.4 Å². The van der Waals surface area contributed by atoms with Crippen LogP contribution in [0.2, 0.25) is 0 Å². The first kappa shape index (κ1) is 9.01. The van der Waals surface area contributed by atoms with Crippen molar-refractivity contribution in [1.29, 1.82) is 0 Å². The monoisotopic (exact) mass is 156 g/mol. The largest absolute Gasteiger partial charge is 0.362 e. The Morgan fingerprint density at radius 2 is 2.36 bits per heavy atom. The van der Waals surface area contributed by atoms with E-state index in [1.165, 1.54) is 25.7 Å². The third kappa shape index (κ3) is 3.73. The molecule has 1 atom stereocenters. The second-order valence-corrected chi connectivity index (χ2v) is 3.08. The van der Waals surface area contributed by atoms with Gasteiger partial charge in [-0.2, -0.15) is 0 Å². The summed E-state index contributed by atoms with van der Waals surface area (Å²) in [4.78, 5) is 0. The Balaban J connectivity index is 1.86. The van der Waals surface area contributed by atoms with E-state index in [1.54, 1.807) is 0 Å². The molecule has 0 amide bonds. The molecule has 0 spiro atoms. The fourth-order valence-corrected chi connectivity index (χ4v) is 1.30. The van der Waals surface area contributed by atoms with E-state index in [0.29, 0.717) is 0 Å². The minimum absolute atomic E-state index is 0.242. The van der Waals surface area contributed by atoms with Crippen molar-refractivity contribution in [3.8, 4) is 0 Å². The van der Waals surface area contributed by atoms with Crippen molar-refractivity contribution < 1.29 is 4.74 Å². The van der Waals surface area contributed by atoms with E-state index >= 15 is 0 Å². The quantitative estimate of drug-likeness (QED) is 0.558. The fourth-order valence-electron chi connectivity index (χ4n) is 1.30. The molecule has 2 nitrogen and oxygen atoms in total. The van der Waals surface area contributed by atoms with Crippen molar-refractivity contribution in [1.82, 2.24) is 5.32 Å². The van der Waals surface area contributed by atoms with E-state index < -0.39 is 0 Å². The molecule has 1 aliphatic rings. The van der Waals surface area contributed by atoms with Crippen LogP contribution in [0.3, 0.4) is 0 Å². The SMILES string of the molecule is CCCCCOC1CCC[N]1. The second-order valence-electron chi connectivity index (χ2n) is 3.08. The summed E-state index contributed by atoms with van der Waals surface area (Å²) in [6.45, 7) is 4.13. The number of hydrogen-bond donors (Lipinski definition) is 0. The van der Waals surface area contributed by atoms with Crippen molar-refractivity contribution in [2.45, 2.75) is 45.3 Å². The lowest BCUT2D eigenvalue weighted by Crippen LogP contribution is -2.18. The Morgan fingerprint density at radius 1 is 1.45 bits per heavy atom. The van der Waals surface area contributed by atoms with Crippen LogP contribution in [0.15, 0.2) is 0 Å². The normalized spacial score (nSPS) is 24.3. The summed E-state index contributed by atoms with van der Waals surface area (Å²) >= 11 is 0. The van der Waals surface area contributed by atoms with Gasteiger partial charge in [-0.25, -0.2) is 5.32 Å². The molecule has 0 aromatic rings. The standard InChI is InChI=1S/C9H18NO/c1-2-3-4-8-11-9-6-5-7-10-9/h9H,2-8H2,1H3. The predicted octanol–water partition coefficient (Wildman–Crippen LogP) is 1.92. The van der Waals surface area contributed by atoms with Crippen molar-refractivity contribution in [2.24, 2.45) is 0 Å². The van der Waals surface area contributed by atoms with Crippen molar-refractivity contribution >= 4 is 0 Å². The third-order valence-electron chi connectivity index (χ3n) is 2.00. The average Bonchev–Trinajstić information content (AvgIpc) is 2.50. The molecular weight excluding hydrogens is 138 g/mol. The van der Waals surface area contributed by atoms with Crippen molar-refractivity contribution in [3.05, 3.63) is 0 Å². The second kappa shape index (κ2) is 5.56. The molecule has 2 heteroatoms. The third-order valence-corrected chi connectivity index (χ3v) is 2.00. The van der Waals surface area contributed by atoms with Gasteiger partial charge in [0.25, 0.3) is 0 Å². The van der Waals surface area contributed by atoms with Gasteiger partial charge >= 0.3 is 0 Å². The molecule has 0 aromatic carbocycles. The Kier molecular flexibility index (Phi) is 4.55. The van der Waals surface area contributed by atoms with E-state index in [0.717, 1.165) is 19.6 Å². The molecule has 0 aliphatic carbocycles. The van der Waals surface area contributed by atoms with Gasteiger partial charge < -0.3 is 4.74 Å². The molecule has 1 radical (unpaired) electrons. The molecule has 1 rings (SSSR count). The number of nitrogens with zero attached hydrogens (tertiary/aromatic N) is 1. The van der Waals surface area contributed by atoms with E-state index in [-0.39, 0.29) is 6.23 Å². The molecule has 1 unspecified atom stereocenters. The van der Waals surface area contributed by atoms with E-state index in [1.807, 2.05) is 0 Å². The first-order valence-corrected chi connectivity index (χ1v) is 4.71. The molecule has 1 aliphatic heterocycles. The lowest BCUT2D eigenvalue weighted by Gasteiger charge is -2.09. The zero-order valence-electron chi connectivity index (χ0n) is 7.38. The number of ether oxygens (including phenoxy) is 1. The Bertz CT molecular complexity index is 89.6. The first-order valence-electron chi connectivity index (χ1n) is 4.71. The molecular formula is C9H18NO. The highest BCUT2D eigenvalue weighted by molar-refractivity contribution is 4.64. The van der Waals surface area contributed by atoms with Gasteiger partial charge in [0.1, 0.15) is 6.23 Å². The van der Waals surface area contributed by atoms with Crippen LogP contribution in [0.1, 0.15) is 39.0 Å². The number of rotatable bonds is 5. The van der Waals surface area contributed by atoms with Gasteiger partial charge in [-0.1, -0.05) is 19.8 Å². The van der Waals surface area contributed by atoms with Gasteiger partial charge in [-0.3, -0.25) is 0 Å². The van der Waals surface area contributed by atoms with E-state index in [4.69, 9.17) is 4.74 Å². The summed E-state index contributed by atoms with van der Waals surface area (Å²) in [7, 11) is 0. The lowest BCUT2D eigenvalue weighted by molar-refractivity contribution is 0.0390. The van der Waals surface area contributed by atoms with Gasteiger partial charge in [-0.15, -0.1) is 0 Å². The summed E-state index contributed by atoms with van der Waals surface area (Å²) in [6.07, 6.45) is 6.36. The van der Waals surface area contributed by atoms with Gasteiger partial charge in [-0.05, 0) is 19.3 Å². The fraction of sp³-hybridized carbons (Fsp3) is 1.00. The highest BCUT2D eigenvalue weighted by atomic mass is 16.5. The lowest BCUT2D eigenvalue weighted by atomic mass is 10.3. The van der Waals surface area contributed by atoms with Crippen LogP contribution in [-0.2, 0) is 4.74 Å². The van der Waals surface area contributed by atoms with Crippen LogP contribution in [0.4, 0.5) is 0 Å². The molecule has 1 heterocycles. The van der Waals surface area contributed by atoms with Gasteiger partial charge in [0.05, 0.1) is 0 Å². The Labute approximate surface area is 69.3 Å². The zero-order chi connectivity index (χ0) is 7.94. The van der Waals surface area contributed by atoms with Crippen LogP contribution in [0.5, 0.6) is 0 Å². The molecule has 1 saturated heterocycles. The number of unbranched alkanes of at least 4 members (excludes halogenated alkanes) is 2. The number of hydrogen-bond acceptors (Lipinski definition) is 1. The minimum atomic E-state index is 0.242. The van der Waals surface area contributed by atoms with Crippen LogP contribution in [0, 0.1) is 0 Å². The smallest absolute Gasteiger partial charge is 0.123 e. The molecule has 0 saturated carbocycles.